The molecule has 2 heterocycles. The smallest absolute Gasteiger partial charge is 0.267 e. The first-order chi connectivity index (χ1) is 15.1. The summed E-state index contributed by atoms with van der Waals surface area (Å²) in [6.45, 7) is 7.34. The van der Waals surface area contributed by atoms with Crippen molar-refractivity contribution in [2.75, 3.05) is 39.9 Å². The molecule has 0 saturated carbocycles. The Balaban J connectivity index is 1.50. The maximum atomic E-state index is 12.6. The molecule has 0 aliphatic carbocycles. The number of nitrogens with one attached hydrogen (secondary N) is 2. The predicted molar refractivity (Wildman–Crippen MR) is 122 cm³/mol. The minimum absolute atomic E-state index is 0.128. The number of likely N-dealkylation sites (N-methyl/N-ethyl adjacent to an activating group) is 1. The largest absolute Gasteiger partial charge is 0.390 e. The number of aliphatic hydroxyl groups is 1. The van der Waals surface area contributed by atoms with Crippen LogP contribution >= 0.6 is 0 Å². The van der Waals surface area contributed by atoms with Gasteiger partial charge in [-0.2, -0.15) is 0 Å². The van der Waals surface area contributed by atoms with E-state index >= 15 is 0 Å². The van der Waals surface area contributed by atoms with E-state index in [1.54, 1.807) is 13.1 Å². The van der Waals surface area contributed by atoms with Crippen molar-refractivity contribution < 1.29 is 14.6 Å². The number of fused-ring (bicyclic) bond motifs is 1. The Morgan fingerprint density at radius 1 is 1.35 bits per heavy atom. The van der Waals surface area contributed by atoms with E-state index < -0.39 is 6.10 Å². The number of rotatable bonds is 8. The van der Waals surface area contributed by atoms with Crippen LogP contribution in [0.25, 0.3) is 0 Å². The number of carbonyl (C=O) groups excluding carboxylic acids is 1. The van der Waals surface area contributed by atoms with Crippen molar-refractivity contribution in [1.82, 2.24) is 15.5 Å². The van der Waals surface area contributed by atoms with E-state index in [2.05, 4.69) is 50.4 Å². The lowest BCUT2D eigenvalue weighted by Crippen LogP contribution is -2.43. The van der Waals surface area contributed by atoms with Gasteiger partial charge in [0.05, 0.1) is 12.1 Å². The number of ether oxygens (including phenoxy) is 1. The van der Waals surface area contributed by atoms with Gasteiger partial charge in [0.25, 0.3) is 5.91 Å². The van der Waals surface area contributed by atoms with E-state index in [9.17, 15) is 9.90 Å². The van der Waals surface area contributed by atoms with Crippen molar-refractivity contribution in [2.24, 2.45) is 9.98 Å². The summed E-state index contributed by atoms with van der Waals surface area (Å²) in [6, 6.07) is 8.53. The molecule has 168 valence electrons. The third kappa shape index (κ3) is 6.99. The summed E-state index contributed by atoms with van der Waals surface area (Å²) in [5, 5.41) is 16.1. The van der Waals surface area contributed by atoms with E-state index in [0.717, 1.165) is 32.4 Å². The number of carbonyl (C=O) groups is 1. The Labute approximate surface area is 184 Å². The van der Waals surface area contributed by atoms with Crippen LogP contribution in [0.2, 0.25) is 0 Å². The lowest BCUT2D eigenvalue weighted by molar-refractivity contribution is -0.118. The van der Waals surface area contributed by atoms with Crippen LogP contribution < -0.4 is 10.6 Å². The van der Waals surface area contributed by atoms with Crippen LogP contribution in [0.1, 0.15) is 24.0 Å². The normalized spacial score (nSPS) is 19.4. The average molecular weight is 428 g/mol. The Morgan fingerprint density at radius 2 is 2.10 bits per heavy atom. The molecule has 31 heavy (non-hydrogen) atoms. The van der Waals surface area contributed by atoms with Crippen LogP contribution in [-0.2, 0) is 22.5 Å². The first-order valence-electron chi connectivity index (χ1n) is 10.9. The Kier molecular flexibility index (Phi) is 8.75. The highest BCUT2D eigenvalue weighted by Crippen LogP contribution is 2.18. The maximum absolute atomic E-state index is 12.6. The van der Waals surface area contributed by atoms with Gasteiger partial charge in [0, 0.05) is 52.5 Å². The zero-order chi connectivity index (χ0) is 22.1. The van der Waals surface area contributed by atoms with E-state index in [-0.39, 0.29) is 18.5 Å². The molecule has 8 heteroatoms. The minimum Gasteiger partial charge on any atom is -0.390 e. The van der Waals surface area contributed by atoms with Gasteiger partial charge >= 0.3 is 0 Å². The van der Waals surface area contributed by atoms with Gasteiger partial charge in [-0.15, -0.1) is 0 Å². The minimum atomic E-state index is -0.653. The van der Waals surface area contributed by atoms with Crippen LogP contribution in [0, 0.1) is 0 Å². The molecule has 2 aliphatic heterocycles. The van der Waals surface area contributed by atoms with Crippen molar-refractivity contribution >= 4 is 18.5 Å². The molecule has 1 aromatic rings. The van der Waals surface area contributed by atoms with Crippen molar-refractivity contribution in [2.45, 2.75) is 38.0 Å². The van der Waals surface area contributed by atoms with Gasteiger partial charge < -0.3 is 20.5 Å². The topological polar surface area (TPSA) is 98.5 Å². The van der Waals surface area contributed by atoms with E-state index in [1.165, 1.54) is 11.1 Å². The van der Waals surface area contributed by atoms with Gasteiger partial charge in [0.15, 0.2) is 0 Å². The Hall–Kier alpha value is -2.55. The summed E-state index contributed by atoms with van der Waals surface area (Å²) in [6.07, 6.45) is 3.58. The number of benzene rings is 1. The van der Waals surface area contributed by atoms with E-state index in [1.807, 2.05) is 6.07 Å². The second-order valence-corrected chi connectivity index (χ2v) is 7.91. The van der Waals surface area contributed by atoms with Crippen LogP contribution in [0.5, 0.6) is 0 Å². The number of hydrogen-bond donors (Lipinski definition) is 3. The highest BCUT2D eigenvalue weighted by molar-refractivity contribution is 6.04. The fourth-order valence-electron chi connectivity index (χ4n) is 3.88. The van der Waals surface area contributed by atoms with E-state index in [4.69, 9.17) is 4.74 Å². The molecule has 1 fully saturated rings. The molecule has 3 rings (SSSR count). The van der Waals surface area contributed by atoms with Crippen LogP contribution in [0.4, 0.5) is 0 Å². The third-order valence-electron chi connectivity index (χ3n) is 5.63. The summed E-state index contributed by atoms with van der Waals surface area (Å²) in [4.78, 5) is 23.3. The fourth-order valence-corrected chi connectivity index (χ4v) is 3.88. The number of amidine groups is 1. The van der Waals surface area contributed by atoms with Crippen LogP contribution in [0.15, 0.2) is 46.0 Å². The molecule has 0 spiro atoms. The first-order valence-corrected chi connectivity index (χ1v) is 10.9. The zero-order valence-electron chi connectivity index (χ0n) is 18.2. The molecule has 0 radical (unpaired) electrons. The number of β-amino-alcohol motifs (C(OH)–C–C–N with tert-alkyl or cyclic N) is 1. The fraction of sp³-hybridized carbons (Fsp3) is 0.522. The van der Waals surface area contributed by atoms with Crippen molar-refractivity contribution in [3.05, 3.63) is 47.2 Å². The van der Waals surface area contributed by atoms with Gasteiger partial charge in [0.2, 0.25) is 0 Å². The second kappa shape index (κ2) is 11.7. The number of aliphatic hydroxyl groups excluding tert-OH is 1. The molecule has 1 aromatic carbocycles. The van der Waals surface area contributed by atoms with Crippen molar-refractivity contribution in [3.8, 4) is 0 Å². The highest BCUT2D eigenvalue weighted by Gasteiger charge is 2.19. The van der Waals surface area contributed by atoms with Crippen molar-refractivity contribution in [1.29, 1.82) is 0 Å². The standard InChI is InChI=1S/C23H33N5O3/c1-24-21(13-22(25-2)27-19-8-11-31-12-9-19)23(30)26-14-20(29)16-28-10-7-17-5-3-4-6-18(17)15-28/h3-6,13,19-20,24,29H,2,7-12,14-16H2,1H3,(H,26,30)/t20-/m0/s1. The van der Waals surface area contributed by atoms with Gasteiger partial charge in [-0.3, -0.25) is 14.7 Å². The van der Waals surface area contributed by atoms with Gasteiger partial charge in [-0.1, -0.05) is 24.3 Å². The molecule has 0 unspecified atom stereocenters. The molecule has 1 atom stereocenters. The van der Waals surface area contributed by atoms with Crippen LogP contribution in [-0.4, -0.2) is 80.5 Å². The number of hydrogen-bond acceptors (Lipinski definition) is 6. The molecule has 1 amide bonds. The first kappa shape index (κ1) is 23.1. The summed E-state index contributed by atoms with van der Waals surface area (Å²) in [5.74, 6) is 0.104. The maximum Gasteiger partial charge on any atom is 0.267 e. The molecule has 1 saturated heterocycles. The molecule has 0 aromatic heterocycles. The SMILES string of the molecule is C=NC(C=C(NC)C(=O)NC[C@H](O)CN1CCc2ccccc2C1)=NC1CCOCC1. The van der Waals surface area contributed by atoms with Gasteiger partial charge in [0.1, 0.15) is 11.5 Å². The molecular weight excluding hydrogens is 394 g/mol. The molecule has 2 aliphatic rings. The number of amides is 1. The summed E-state index contributed by atoms with van der Waals surface area (Å²) in [5.41, 5.74) is 3.01. The number of nitrogens with zero attached hydrogens (tertiary/aromatic N) is 3. The van der Waals surface area contributed by atoms with Gasteiger partial charge in [-0.05, 0) is 37.1 Å². The molecule has 0 bridgehead atoms. The average Bonchev–Trinajstić information content (AvgIpc) is 2.80. The zero-order valence-corrected chi connectivity index (χ0v) is 18.2. The number of aliphatic imine (C=N–C) groups is 2. The summed E-state index contributed by atoms with van der Waals surface area (Å²) >= 11 is 0. The summed E-state index contributed by atoms with van der Waals surface area (Å²) in [7, 11) is 1.67. The lowest BCUT2D eigenvalue weighted by atomic mass is 10.00. The molecular formula is C23H33N5O3. The van der Waals surface area contributed by atoms with Crippen LogP contribution in [0.3, 0.4) is 0 Å². The molecule has 3 N–H and O–H groups in total. The predicted octanol–water partition coefficient (Wildman–Crippen LogP) is 0.903. The third-order valence-corrected chi connectivity index (χ3v) is 5.63. The Morgan fingerprint density at radius 3 is 2.81 bits per heavy atom. The van der Waals surface area contributed by atoms with Crippen molar-refractivity contribution in [3.63, 3.8) is 0 Å². The monoisotopic (exact) mass is 427 g/mol. The Bertz CT molecular complexity index is 817. The molecule has 8 nitrogen and oxygen atoms in total. The highest BCUT2D eigenvalue weighted by atomic mass is 16.5. The summed E-state index contributed by atoms with van der Waals surface area (Å²) < 4.78 is 5.35. The lowest BCUT2D eigenvalue weighted by Gasteiger charge is -2.30. The second-order valence-electron chi connectivity index (χ2n) is 7.91. The quantitative estimate of drug-likeness (QED) is 0.325. The van der Waals surface area contributed by atoms with E-state index in [0.29, 0.717) is 31.3 Å². The van der Waals surface area contributed by atoms with Gasteiger partial charge in [-0.25, -0.2) is 4.99 Å².